The van der Waals surface area contributed by atoms with Gasteiger partial charge in [0.25, 0.3) is 0 Å². The molecule has 1 amide bonds. The summed E-state index contributed by atoms with van der Waals surface area (Å²) in [4.78, 5) is 34.4. The predicted molar refractivity (Wildman–Crippen MR) is 266 cm³/mol. The fraction of sp³-hybridized carbons (Fsp3) is 0.547. The number of piperazine rings is 1. The quantitative estimate of drug-likeness (QED) is 0.0553. The van der Waals surface area contributed by atoms with Gasteiger partial charge < -0.3 is 28.6 Å². The third-order valence-corrected chi connectivity index (χ3v) is 20.9. The van der Waals surface area contributed by atoms with Crippen molar-refractivity contribution >= 4 is 41.7 Å². The first-order valence-electron chi connectivity index (χ1n) is 25.2. The summed E-state index contributed by atoms with van der Waals surface area (Å²) in [6, 6.07) is 5.82. The molecule has 2 unspecified atom stereocenters. The number of ether oxygens (including phenoxy) is 5. The Balaban J connectivity index is 1.32. The standard InChI is InChI=1S/C53H68F2N6O6Si/c1-32(2)68(33(3)4,34(5)6)19-17-40-43(54)15-14-37-20-39(66-31-64-13)21-41(44(37)40)46-45(55)47-42(24-56-46)48(58-49(57-47)65-30-53-22-35(7)25-60(53)26-36(8)23-53)59-27-38-16-18-52(28-59,29-63-12)61(38)50(62)67-51(9,10)11/h14-15,20-21,24,32-34,38H,7-8,16,18,22-23,25-31H2,1-6,9-13H3/i12D3. The molecule has 6 heterocycles. The van der Waals surface area contributed by atoms with Gasteiger partial charge in [0.1, 0.15) is 48.9 Å². The molecule has 4 aliphatic rings. The minimum Gasteiger partial charge on any atom is -0.468 e. The zero-order valence-electron chi connectivity index (χ0n) is 44.3. The number of carbonyl (C=O) groups excluding carboxylic acids is 1. The molecule has 0 radical (unpaired) electrons. The van der Waals surface area contributed by atoms with Crippen molar-refractivity contribution < 1.29 is 41.4 Å². The lowest BCUT2D eigenvalue weighted by molar-refractivity contribution is -0.0261. The molecule has 4 aliphatic heterocycles. The lowest BCUT2D eigenvalue weighted by Gasteiger charge is -2.49. The smallest absolute Gasteiger partial charge is 0.411 e. The maximum Gasteiger partial charge on any atom is 0.411 e. The van der Waals surface area contributed by atoms with Gasteiger partial charge in [-0.25, -0.2) is 13.6 Å². The molecule has 68 heavy (non-hydrogen) atoms. The van der Waals surface area contributed by atoms with E-state index in [0.29, 0.717) is 55.3 Å². The number of rotatable bonds is 13. The number of carbonyl (C=O) groups is 1. The van der Waals surface area contributed by atoms with Crippen molar-refractivity contribution in [1.29, 1.82) is 0 Å². The van der Waals surface area contributed by atoms with Crippen LogP contribution in [0.4, 0.5) is 19.4 Å². The van der Waals surface area contributed by atoms with Gasteiger partial charge >= 0.3 is 12.1 Å². The highest BCUT2D eigenvalue weighted by atomic mass is 28.3. The fourth-order valence-corrected chi connectivity index (χ4v) is 17.1. The minimum absolute atomic E-state index is 0.0594. The molecule has 4 fully saturated rings. The van der Waals surface area contributed by atoms with Crippen molar-refractivity contribution in [3.8, 4) is 34.5 Å². The molecule has 4 aromatic rings. The number of pyridine rings is 1. The van der Waals surface area contributed by atoms with Gasteiger partial charge in [0, 0.05) is 57.5 Å². The number of fused-ring (bicyclic) bond motifs is 5. The number of anilines is 1. The first-order chi connectivity index (χ1) is 33.3. The van der Waals surface area contributed by atoms with Gasteiger partial charge in [0.2, 0.25) is 0 Å². The Labute approximate surface area is 405 Å². The largest absolute Gasteiger partial charge is 0.468 e. The van der Waals surface area contributed by atoms with Gasteiger partial charge in [-0.05, 0) is 86.7 Å². The monoisotopic (exact) mass is 954 g/mol. The van der Waals surface area contributed by atoms with E-state index in [1.54, 1.807) is 43.9 Å². The topological polar surface area (TPSA) is 112 Å². The third-order valence-electron chi connectivity index (χ3n) is 14.6. The molecule has 2 atom stereocenters. The Morgan fingerprint density at radius 1 is 0.985 bits per heavy atom. The van der Waals surface area contributed by atoms with E-state index < -0.39 is 55.6 Å². The van der Waals surface area contributed by atoms with Crippen LogP contribution in [-0.4, -0.2) is 122 Å². The molecular formula is C53H68F2N6O6Si. The van der Waals surface area contributed by atoms with Crippen LogP contribution in [0.25, 0.3) is 32.9 Å². The van der Waals surface area contributed by atoms with Crippen LogP contribution in [0.5, 0.6) is 11.8 Å². The van der Waals surface area contributed by atoms with E-state index in [4.69, 9.17) is 42.7 Å². The first kappa shape index (κ1) is 45.3. The van der Waals surface area contributed by atoms with Crippen LogP contribution in [0, 0.1) is 23.1 Å². The van der Waals surface area contributed by atoms with E-state index in [1.165, 1.54) is 19.4 Å². The first-order valence-corrected chi connectivity index (χ1v) is 25.9. The van der Waals surface area contributed by atoms with Gasteiger partial charge in [-0.3, -0.25) is 14.8 Å². The van der Waals surface area contributed by atoms with Crippen molar-refractivity contribution in [2.45, 2.75) is 127 Å². The summed E-state index contributed by atoms with van der Waals surface area (Å²) in [7, 11) is -3.63. The zero-order valence-corrected chi connectivity index (χ0v) is 42.3. The van der Waals surface area contributed by atoms with Crippen LogP contribution < -0.4 is 14.4 Å². The molecule has 0 aliphatic carbocycles. The molecule has 2 bridgehead atoms. The summed E-state index contributed by atoms with van der Waals surface area (Å²) in [6.45, 7) is 28.4. The number of hydrogen-bond acceptors (Lipinski definition) is 11. The molecule has 364 valence electrons. The van der Waals surface area contributed by atoms with Crippen LogP contribution >= 0.6 is 0 Å². The average molecular weight is 954 g/mol. The van der Waals surface area contributed by atoms with Crippen molar-refractivity contribution in [1.82, 2.24) is 24.8 Å². The van der Waals surface area contributed by atoms with Crippen LogP contribution in [-0.2, 0) is 14.2 Å². The zero-order chi connectivity index (χ0) is 51.6. The van der Waals surface area contributed by atoms with E-state index in [0.717, 1.165) is 11.1 Å². The van der Waals surface area contributed by atoms with E-state index >= 15 is 8.78 Å². The van der Waals surface area contributed by atoms with Crippen molar-refractivity contribution in [2.24, 2.45) is 0 Å². The average Bonchev–Trinajstić information content (AvgIpc) is 3.84. The number of hydrogen-bond donors (Lipinski definition) is 0. The highest BCUT2D eigenvalue weighted by Gasteiger charge is 2.55. The SMILES string of the molecule is [2H]C([2H])([2H])OCC12CCC(CN(c3nc(OCC45CC(=C)CN4CC(=C)C5)nc4c(F)c(-c5cc(OCOC)cc6ccc(F)c(C#C[Si](C(C)C)(C(C)C)C(C)C)c56)ncc34)C1)N2C(=O)OC(C)(C)C. The molecule has 2 aromatic carbocycles. The molecule has 12 nitrogen and oxygen atoms in total. The van der Waals surface area contributed by atoms with Crippen LogP contribution in [0.2, 0.25) is 16.6 Å². The van der Waals surface area contributed by atoms with Gasteiger partial charge in [-0.15, -0.1) is 5.54 Å². The van der Waals surface area contributed by atoms with Crippen LogP contribution in [0.15, 0.2) is 54.8 Å². The molecule has 2 aromatic heterocycles. The number of amides is 1. The van der Waals surface area contributed by atoms with E-state index in [1.807, 2.05) is 4.90 Å². The van der Waals surface area contributed by atoms with E-state index in [2.05, 4.69) is 71.1 Å². The Kier molecular flexibility index (Phi) is 12.4. The van der Waals surface area contributed by atoms with Crippen LogP contribution in [0.3, 0.4) is 0 Å². The van der Waals surface area contributed by atoms with Crippen molar-refractivity contribution in [3.05, 3.63) is 72.0 Å². The second-order valence-electron chi connectivity index (χ2n) is 21.4. The lowest BCUT2D eigenvalue weighted by Crippen LogP contribution is -2.66. The molecule has 15 heteroatoms. The lowest BCUT2D eigenvalue weighted by atomic mass is 9.92. The van der Waals surface area contributed by atoms with Gasteiger partial charge in [0.15, 0.2) is 12.6 Å². The summed E-state index contributed by atoms with van der Waals surface area (Å²) in [5, 5.41) is 1.16. The number of nitrogens with zero attached hydrogens (tertiary/aromatic N) is 6. The summed E-state index contributed by atoms with van der Waals surface area (Å²) >= 11 is 0. The Morgan fingerprint density at radius 3 is 2.34 bits per heavy atom. The number of benzene rings is 2. The summed E-state index contributed by atoms with van der Waals surface area (Å²) < 4.78 is 87.7. The Hall–Kier alpha value is -5.14. The molecule has 0 saturated carbocycles. The molecule has 4 saturated heterocycles. The number of halogens is 2. The normalized spacial score (nSPS) is 21.4. The maximum atomic E-state index is 18.2. The highest BCUT2D eigenvalue weighted by molar-refractivity contribution is 6.90. The fourth-order valence-electron chi connectivity index (χ4n) is 11.9. The molecule has 0 spiro atoms. The van der Waals surface area contributed by atoms with E-state index in [-0.39, 0.29) is 89.3 Å². The van der Waals surface area contributed by atoms with E-state index in [9.17, 15) is 4.79 Å². The number of aromatic nitrogens is 3. The maximum absolute atomic E-state index is 18.2. The number of methoxy groups -OCH3 is 2. The minimum atomic E-state index is -2.75. The molecule has 0 N–H and O–H groups in total. The highest BCUT2D eigenvalue weighted by Crippen LogP contribution is 2.47. The summed E-state index contributed by atoms with van der Waals surface area (Å²) in [6.07, 6.45) is 3.20. The van der Waals surface area contributed by atoms with Gasteiger partial charge in [-0.2, -0.15) is 9.97 Å². The second-order valence-corrected chi connectivity index (χ2v) is 26.9. The van der Waals surface area contributed by atoms with Crippen molar-refractivity contribution in [2.75, 3.05) is 65.2 Å². The third kappa shape index (κ3) is 8.86. The molecular weight excluding hydrogens is 883 g/mol. The van der Waals surface area contributed by atoms with Crippen LogP contribution in [0.1, 0.15) is 97.7 Å². The Morgan fingerprint density at radius 2 is 1.69 bits per heavy atom. The van der Waals surface area contributed by atoms with Gasteiger partial charge in [-0.1, -0.05) is 77.8 Å². The van der Waals surface area contributed by atoms with Crippen molar-refractivity contribution in [3.63, 3.8) is 0 Å². The predicted octanol–water partition coefficient (Wildman–Crippen LogP) is 10.6. The van der Waals surface area contributed by atoms with Gasteiger partial charge in [0.05, 0.1) is 38.8 Å². The molecule has 8 rings (SSSR count). The Bertz CT molecular complexity index is 2790. The summed E-state index contributed by atoms with van der Waals surface area (Å²) in [5.41, 5.74) is 4.32. The summed E-state index contributed by atoms with van der Waals surface area (Å²) in [5.74, 6) is 2.57. The second kappa shape index (κ2) is 18.6.